The van der Waals surface area contributed by atoms with E-state index >= 15 is 0 Å². The van der Waals surface area contributed by atoms with Crippen molar-refractivity contribution in [3.63, 3.8) is 0 Å². The molecule has 160 valence electrons. The van der Waals surface area contributed by atoms with Gasteiger partial charge in [0.2, 0.25) is 5.75 Å². The molecule has 1 heterocycles. The minimum absolute atomic E-state index is 0.142. The van der Waals surface area contributed by atoms with Gasteiger partial charge in [0, 0.05) is 17.7 Å². The van der Waals surface area contributed by atoms with Crippen molar-refractivity contribution in [3.8, 4) is 23.0 Å². The topological polar surface area (TPSA) is 91.4 Å². The fraction of sp³-hybridized carbons (Fsp3) is 0.250. The maximum atomic E-state index is 13.8. The Bertz CT molecular complexity index is 1100. The van der Waals surface area contributed by atoms with Gasteiger partial charge in [0.15, 0.2) is 11.5 Å². The molecule has 0 radical (unpaired) electrons. The third-order valence-electron chi connectivity index (χ3n) is 4.78. The number of β-lactam (4-membered cyclic amide) rings is 1. The number of nitrogens with zero attached hydrogens (tertiary/aromatic N) is 1. The van der Waals surface area contributed by atoms with E-state index in [1.54, 1.807) is 18.2 Å². The van der Waals surface area contributed by atoms with Crippen molar-refractivity contribution in [1.82, 2.24) is 0 Å². The SMILES string of the molecule is C=C1C(=O)N(c2cc(OC)c(OC)c(OC)c2)[C@H]1c1ccc(OC)c(S(=O)(=O)F)c1. The Kier molecular flexibility index (Phi) is 5.62. The summed E-state index contributed by atoms with van der Waals surface area (Å²) in [6, 6.07) is 6.43. The van der Waals surface area contributed by atoms with Crippen LogP contribution in [0, 0.1) is 0 Å². The molecule has 1 aliphatic rings. The molecule has 10 heteroatoms. The molecule has 8 nitrogen and oxygen atoms in total. The fourth-order valence-electron chi connectivity index (χ4n) is 3.36. The largest absolute Gasteiger partial charge is 0.495 e. The van der Waals surface area contributed by atoms with E-state index in [0.717, 1.165) is 6.07 Å². The van der Waals surface area contributed by atoms with Gasteiger partial charge in [0.1, 0.15) is 10.6 Å². The van der Waals surface area contributed by atoms with Crippen LogP contribution in [0.5, 0.6) is 23.0 Å². The summed E-state index contributed by atoms with van der Waals surface area (Å²) in [5.74, 6) is 0.490. The van der Waals surface area contributed by atoms with Gasteiger partial charge in [-0.1, -0.05) is 12.6 Å². The Morgan fingerprint density at radius 2 is 1.50 bits per heavy atom. The highest BCUT2D eigenvalue weighted by atomic mass is 32.3. The lowest BCUT2D eigenvalue weighted by molar-refractivity contribution is -0.118. The van der Waals surface area contributed by atoms with Crippen molar-refractivity contribution in [2.45, 2.75) is 10.9 Å². The van der Waals surface area contributed by atoms with Crippen molar-refractivity contribution in [1.29, 1.82) is 0 Å². The molecule has 0 bridgehead atoms. The van der Waals surface area contributed by atoms with Crippen molar-refractivity contribution < 1.29 is 36.0 Å². The molecule has 1 saturated heterocycles. The predicted octanol–water partition coefficient (Wildman–Crippen LogP) is 3.02. The lowest BCUT2D eigenvalue weighted by Gasteiger charge is -2.42. The van der Waals surface area contributed by atoms with E-state index in [0.29, 0.717) is 28.5 Å². The van der Waals surface area contributed by atoms with Crippen LogP contribution in [0.25, 0.3) is 0 Å². The zero-order valence-electron chi connectivity index (χ0n) is 16.8. The summed E-state index contributed by atoms with van der Waals surface area (Å²) in [7, 11) is 0.528. The van der Waals surface area contributed by atoms with E-state index in [1.807, 2.05) is 0 Å². The standard InChI is InChI=1S/C20H20FNO7S/c1-11-18(12-6-7-14(26-2)17(8-12)30(21,24)25)22(20(11)23)13-9-15(27-3)19(29-5)16(10-13)28-4/h6-10,18H,1H2,2-5H3/t18-/m1/s1. The number of hydrogen-bond acceptors (Lipinski definition) is 7. The van der Waals surface area contributed by atoms with E-state index in [1.165, 1.54) is 39.4 Å². The van der Waals surface area contributed by atoms with Gasteiger partial charge in [0.05, 0.1) is 40.2 Å². The number of carbonyl (C=O) groups is 1. The van der Waals surface area contributed by atoms with Crippen LogP contribution in [0.4, 0.5) is 9.57 Å². The molecule has 0 aliphatic carbocycles. The van der Waals surface area contributed by atoms with Gasteiger partial charge in [-0.05, 0) is 17.7 Å². The second-order valence-electron chi connectivity index (χ2n) is 6.33. The molecule has 0 spiro atoms. The molecular formula is C20H20FNO7S. The average molecular weight is 437 g/mol. The number of anilines is 1. The Labute approximate surface area is 173 Å². The summed E-state index contributed by atoms with van der Waals surface area (Å²) < 4.78 is 57.7. The number of methoxy groups -OCH3 is 4. The van der Waals surface area contributed by atoms with Crippen molar-refractivity contribution in [2.24, 2.45) is 0 Å². The molecule has 0 unspecified atom stereocenters. The van der Waals surface area contributed by atoms with Crippen LogP contribution < -0.4 is 23.8 Å². The monoisotopic (exact) mass is 437 g/mol. The molecule has 30 heavy (non-hydrogen) atoms. The minimum atomic E-state index is -5.04. The number of benzene rings is 2. The first-order valence-electron chi connectivity index (χ1n) is 8.62. The van der Waals surface area contributed by atoms with Crippen LogP contribution in [0.15, 0.2) is 47.4 Å². The molecular weight excluding hydrogens is 417 g/mol. The number of rotatable bonds is 7. The quantitative estimate of drug-likeness (QED) is 0.374. The molecule has 1 aliphatic heterocycles. The molecule has 0 N–H and O–H groups in total. The minimum Gasteiger partial charge on any atom is -0.495 e. The third kappa shape index (κ3) is 3.43. The third-order valence-corrected chi connectivity index (χ3v) is 5.62. The lowest BCUT2D eigenvalue weighted by Crippen LogP contribution is -2.48. The van der Waals surface area contributed by atoms with Crippen molar-refractivity contribution in [3.05, 3.63) is 48.0 Å². The highest BCUT2D eigenvalue weighted by Gasteiger charge is 2.43. The van der Waals surface area contributed by atoms with Crippen LogP contribution in [0.1, 0.15) is 11.6 Å². The summed E-state index contributed by atoms with van der Waals surface area (Å²) in [5.41, 5.74) is 0.980. The zero-order chi connectivity index (χ0) is 22.2. The van der Waals surface area contributed by atoms with Crippen LogP contribution in [0.3, 0.4) is 0 Å². The maximum Gasteiger partial charge on any atom is 0.335 e. The summed E-state index contributed by atoms with van der Waals surface area (Å²) in [5, 5.41) is 0. The number of amides is 1. The van der Waals surface area contributed by atoms with Gasteiger partial charge in [0.25, 0.3) is 5.91 Å². The van der Waals surface area contributed by atoms with Gasteiger partial charge in [-0.3, -0.25) is 9.69 Å². The zero-order valence-corrected chi connectivity index (χ0v) is 17.6. The summed E-state index contributed by atoms with van der Waals surface area (Å²) in [4.78, 5) is 13.4. The summed E-state index contributed by atoms with van der Waals surface area (Å²) >= 11 is 0. The Hall–Kier alpha value is -3.27. The molecule has 2 aromatic carbocycles. The van der Waals surface area contributed by atoms with E-state index in [-0.39, 0.29) is 17.2 Å². The second kappa shape index (κ2) is 7.86. The fourth-order valence-corrected chi connectivity index (χ4v) is 4.02. The smallest absolute Gasteiger partial charge is 0.335 e. The van der Waals surface area contributed by atoms with E-state index in [2.05, 4.69) is 6.58 Å². The Morgan fingerprint density at radius 3 is 1.97 bits per heavy atom. The highest BCUT2D eigenvalue weighted by molar-refractivity contribution is 7.86. The van der Waals surface area contributed by atoms with Crippen LogP contribution >= 0.6 is 0 Å². The van der Waals surface area contributed by atoms with Crippen molar-refractivity contribution in [2.75, 3.05) is 33.3 Å². The van der Waals surface area contributed by atoms with Gasteiger partial charge in [-0.25, -0.2) is 0 Å². The van der Waals surface area contributed by atoms with Crippen LogP contribution in [-0.2, 0) is 15.0 Å². The molecule has 1 atom stereocenters. The normalized spacial score (nSPS) is 16.2. The number of hydrogen-bond donors (Lipinski definition) is 0. The molecule has 2 aromatic rings. The number of ether oxygens (including phenoxy) is 4. The van der Waals surface area contributed by atoms with Crippen LogP contribution in [-0.4, -0.2) is 42.8 Å². The van der Waals surface area contributed by atoms with E-state index in [9.17, 15) is 17.1 Å². The Balaban J connectivity index is 2.13. The first-order valence-corrected chi connectivity index (χ1v) is 10.0. The molecule has 1 amide bonds. The number of halogens is 1. The predicted molar refractivity (Wildman–Crippen MR) is 107 cm³/mol. The van der Waals surface area contributed by atoms with Gasteiger partial charge >= 0.3 is 10.2 Å². The van der Waals surface area contributed by atoms with Crippen LogP contribution in [0.2, 0.25) is 0 Å². The average Bonchev–Trinajstić information content (AvgIpc) is 2.74. The van der Waals surface area contributed by atoms with Crippen molar-refractivity contribution >= 4 is 21.8 Å². The number of carbonyl (C=O) groups excluding carboxylic acids is 1. The maximum absolute atomic E-state index is 13.8. The van der Waals surface area contributed by atoms with Gasteiger partial charge in [-0.15, -0.1) is 3.89 Å². The lowest BCUT2D eigenvalue weighted by atomic mass is 9.88. The van der Waals surface area contributed by atoms with E-state index < -0.39 is 21.2 Å². The molecule has 3 rings (SSSR count). The first kappa shape index (κ1) is 21.4. The first-order chi connectivity index (χ1) is 14.2. The van der Waals surface area contributed by atoms with Gasteiger partial charge in [-0.2, -0.15) is 8.42 Å². The molecule has 1 fully saturated rings. The molecule has 0 saturated carbocycles. The molecule has 0 aromatic heterocycles. The highest BCUT2D eigenvalue weighted by Crippen LogP contribution is 2.48. The van der Waals surface area contributed by atoms with Gasteiger partial charge < -0.3 is 18.9 Å². The second-order valence-corrected chi connectivity index (χ2v) is 7.65. The Morgan fingerprint density at radius 1 is 0.933 bits per heavy atom. The van der Waals surface area contributed by atoms with E-state index in [4.69, 9.17) is 18.9 Å². The summed E-state index contributed by atoms with van der Waals surface area (Å²) in [6.07, 6.45) is 0. The summed E-state index contributed by atoms with van der Waals surface area (Å²) in [6.45, 7) is 3.78.